The Labute approximate surface area is 119 Å². The van der Waals surface area contributed by atoms with Crippen LogP contribution in [-0.2, 0) is 6.54 Å². The maximum absolute atomic E-state index is 11.5. The zero-order chi connectivity index (χ0) is 14.7. The van der Waals surface area contributed by atoms with Crippen molar-refractivity contribution in [1.82, 2.24) is 4.98 Å². The van der Waals surface area contributed by atoms with Crippen LogP contribution < -0.4 is 16.8 Å². The van der Waals surface area contributed by atoms with E-state index >= 15 is 0 Å². The van der Waals surface area contributed by atoms with E-state index in [1.807, 2.05) is 12.1 Å². The molecular formula is C13H14N4O2S. The van der Waals surface area contributed by atoms with Crippen LogP contribution in [0.4, 0.5) is 10.7 Å². The Bertz CT molecular complexity index is 652. The van der Waals surface area contributed by atoms with E-state index in [4.69, 9.17) is 11.5 Å². The Morgan fingerprint density at radius 1 is 1.45 bits per heavy atom. The van der Waals surface area contributed by atoms with E-state index in [9.17, 15) is 9.59 Å². The molecule has 0 saturated heterocycles. The van der Waals surface area contributed by atoms with Crippen molar-refractivity contribution in [3.8, 4) is 0 Å². The Balaban J connectivity index is 2.29. The number of Topliss-reactive ketones (excluding diaryl/α,β-unsaturated/α-hetero) is 1. The van der Waals surface area contributed by atoms with Crippen molar-refractivity contribution in [2.45, 2.75) is 13.5 Å². The molecule has 2 aromatic heterocycles. The molecule has 0 aliphatic rings. The summed E-state index contributed by atoms with van der Waals surface area (Å²) in [6.45, 7) is 1.86. The van der Waals surface area contributed by atoms with Gasteiger partial charge in [-0.25, -0.2) is 0 Å². The van der Waals surface area contributed by atoms with E-state index in [0.717, 1.165) is 16.9 Å². The summed E-state index contributed by atoms with van der Waals surface area (Å²) in [4.78, 5) is 27.3. The molecule has 0 bridgehead atoms. The Kier molecular flexibility index (Phi) is 3.99. The second kappa shape index (κ2) is 5.70. The molecule has 0 aromatic carbocycles. The predicted octanol–water partition coefficient (Wildman–Crippen LogP) is 1.64. The summed E-state index contributed by atoms with van der Waals surface area (Å²) < 4.78 is 0. The fourth-order valence-electron chi connectivity index (χ4n) is 1.76. The van der Waals surface area contributed by atoms with Gasteiger partial charge in [-0.3, -0.25) is 14.6 Å². The number of hydrogen-bond acceptors (Lipinski definition) is 6. The van der Waals surface area contributed by atoms with Gasteiger partial charge in [0.2, 0.25) is 0 Å². The number of nitrogen functional groups attached to an aromatic ring is 1. The number of primary amides is 1. The highest BCUT2D eigenvalue weighted by atomic mass is 32.1. The van der Waals surface area contributed by atoms with Gasteiger partial charge in [0.05, 0.1) is 16.1 Å². The molecule has 0 radical (unpaired) electrons. The largest absolute Gasteiger partial charge is 0.397 e. The minimum atomic E-state index is -0.653. The monoisotopic (exact) mass is 290 g/mol. The van der Waals surface area contributed by atoms with Gasteiger partial charge in [0.25, 0.3) is 5.91 Å². The van der Waals surface area contributed by atoms with Gasteiger partial charge in [0.1, 0.15) is 5.00 Å². The van der Waals surface area contributed by atoms with Crippen LogP contribution >= 0.6 is 11.3 Å². The Morgan fingerprint density at radius 2 is 2.20 bits per heavy atom. The third-order valence-electron chi connectivity index (χ3n) is 2.69. The van der Waals surface area contributed by atoms with Crippen molar-refractivity contribution in [3.05, 3.63) is 40.5 Å². The van der Waals surface area contributed by atoms with Crippen LogP contribution in [0.5, 0.6) is 0 Å². The molecule has 1 amide bonds. The van der Waals surface area contributed by atoms with Crippen molar-refractivity contribution in [1.29, 1.82) is 0 Å². The topological polar surface area (TPSA) is 111 Å². The smallest absolute Gasteiger partial charge is 0.253 e. The van der Waals surface area contributed by atoms with Crippen molar-refractivity contribution >= 4 is 33.7 Å². The fraction of sp³-hybridized carbons (Fsp3) is 0.154. The van der Waals surface area contributed by atoms with Gasteiger partial charge in [-0.1, -0.05) is 6.07 Å². The molecular weight excluding hydrogens is 276 g/mol. The molecule has 2 heterocycles. The van der Waals surface area contributed by atoms with E-state index < -0.39 is 5.91 Å². The average Bonchev–Trinajstić information content (AvgIpc) is 2.75. The normalized spacial score (nSPS) is 10.2. The lowest BCUT2D eigenvalue weighted by Gasteiger charge is -2.05. The first-order valence-corrected chi connectivity index (χ1v) is 6.68. The molecule has 104 valence electrons. The molecule has 0 atom stereocenters. The van der Waals surface area contributed by atoms with Crippen molar-refractivity contribution in [2.24, 2.45) is 5.73 Å². The van der Waals surface area contributed by atoms with Gasteiger partial charge in [-0.05, 0) is 11.6 Å². The quantitative estimate of drug-likeness (QED) is 0.725. The number of nitrogens with one attached hydrogen (secondary N) is 1. The molecule has 0 unspecified atom stereocenters. The number of ketones is 1. The van der Waals surface area contributed by atoms with Crippen LogP contribution in [0.2, 0.25) is 0 Å². The number of nitrogens with zero attached hydrogens (tertiary/aromatic N) is 1. The fourth-order valence-corrected chi connectivity index (χ4v) is 2.78. The maximum Gasteiger partial charge on any atom is 0.253 e. The third kappa shape index (κ3) is 2.77. The number of thiophene rings is 1. The van der Waals surface area contributed by atoms with Crippen LogP contribution in [0.1, 0.15) is 32.5 Å². The molecule has 0 fully saturated rings. The van der Waals surface area contributed by atoms with Crippen molar-refractivity contribution < 1.29 is 9.59 Å². The molecule has 20 heavy (non-hydrogen) atoms. The lowest BCUT2D eigenvalue weighted by Crippen LogP contribution is -2.15. The highest BCUT2D eigenvalue weighted by Gasteiger charge is 2.22. The number of rotatable bonds is 5. The lowest BCUT2D eigenvalue weighted by atomic mass is 10.2. The molecule has 0 spiro atoms. The number of carbonyl (C=O) groups is 2. The van der Waals surface area contributed by atoms with E-state index in [0.29, 0.717) is 16.4 Å². The minimum absolute atomic E-state index is 0.142. The number of anilines is 2. The summed E-state index contributed by atoms with van der Waals surface area (Å²) in [7, 11) is 0. The molecule has 6 nitrogen and oxygen atoms in total. The van der Waals surface area contributed by atoms with Gasteiger partial charge in [-0.2, -0.15) is 0 Å². The standard InChI is InChI=1S/C13H14N4O2S/c1-7(18)11-10(14)9(12(15)19)13(20-11)17-6-8-3-2-4-16-5-8/h2-5,17H,6,14H2,1H3,(H2,15,19). The van der Waals surface area contributed by atoms with E-state index in [2.05, 4.69) is 10.3 Å². The van der Waals surface area contributed by atoms with Crippen LogP contribution in [0.25, 0.3) is 0 Å². The van der Waals surface area contributed by atoms with E-state index in [1.165, 1.54) is 6.92 Å². The van der Waals surface area contributed by atoms with Crippen LogP contribution in [0.15, 0.2) is 24.5 Å². The summed E-state index contributed by atoms with van der Waals surface area (Å²) in [6, 6.07) is 3.71. The molecule has 0 aliphatic carbocycles. The van der Waals surface area contributed by atoms with Crippen LogP contribution in [-0.4, -0.2) is 16.7 Å². The van der Waals surface area contributed by atoms with E-state index in [-0.39, 0.29) is 17.0 Å². The first-order valence-electron chi connectivity index (χ1n) is 5.86. The number of carbonyl (C=O) groups excluding carboxylic acids is 2. The number of pyridine rings is 1. The van der Waals surface area contributed by atoms with Gasteiger partial charge in [-0.15, -0.1) is 11.3 Å². The summed E-state index contributed by atoms with van der Waals surface area (Å²) in [6.07, 6.45) is 3.38. The highest BCUT2D eigenvalue weighted by Crippen LogP contribution is 2.35. The molecule has 5 N–H and O–H groups in total. The number of amides is 1. The van der Waals surface area contributed by atoms with Crippen LogP contribution in [0, 0.1) is 0 Å². The highest BCUT2D eigenvalue weighted by molar-refractivity contribution is 7.19. The molecule has 7 heteroatoms. The summed E-state index contributed by atoms with van der Waals surface area (Å²) >= 11 is 1.13. The number of hydrogen-bond donors (Lipinski definition) is 3. The first-order chi connectivity index (χ1) is 9.50. The Hall–Kier alpha value is -2.41. The predicted molar refractivity (Wildman–Crippen MR) is 78.8 cm³/mol. The van der Waals surface area contributed by atoms with Gasteiger partial charge in [0, 0.05) is 25.9 Å². The number of nitrogens with two attached hydrogens (primary N) is 2. The number of aromatic nitrogens is 1. The lowest BCUT2D eigenvalue weighted by molar-refractivity contribution is 0.100. The third-order valence-corrected chi connectivity index (χ3v) is 3.95. The molecule has 2 rings (SSSR count). The van der Waals surface area contributed by atoms with Crippen molar-refractivity contribution in [2.75, 3.05) is 11.1 Å². The van der Waals surface area contributed by atoms with Gasteiger partial charge in [0.15, 0.2) is 5.78 Å². The van der Waals surface area contributed by atoms with E-state index in [1.54, 1.807) is 12.4 Å². The second-order valence-corrected chi connectivity index (χ2v) is 5.20. The minimum Gasteiger partial charge on any atom is -0.397 e. The zero-order valence-electron chi connectivity index (χ0n) is 10.8. The summed E-state index contributed by atoms with van der Waals surface area (Å²) in [5.74, 6) is -0.843. The summed E-state index contributed by atoms with van der Waals surface area (Å²) in [5, 5.41) is 3.58. The molecule has 2 aromatic rings. The van der Waals surface area contributed by atoms with Gasteiger partial charge < -0.3 is 16.8 Å². The first kappa shape index (κ1) is 14.0. The zero-order valence-corrected chi connectivity index (χ0v) is 11.7. The van der Waals surface area contributed by atoms with Crippen molar-refractivity contribution in [3.63, 3.8) is 0 Å². The maximum atomic E-state index is 11.5. The second-order valence-electron chi connectivity index (χ2n) is 4.18. The van der Waals surface area contributed by atoms with Gasteiger partial charge >= 0.3 is 0 Å². The Morgan fingerprint density at radius 3 is 2.75 bits per heavy atom. The average molecular weight is 290 g/mol. The SMILES string of the molecule is CC(=O)c1sc(NCc2cccnc2)c(C(N)=O)c1N. The molecule has 0 aliphatic heterocycles. The molecule has 0 saturated carbocycles. The van der Waals surface area contributed by atoms with Crippen LogP contribution in [0.3, 0.4) is 0 Å². The summed E-state index contributed by atoms with van der Waals surface area (Å²) in [5.41, 5.74) is 12.4.